The van der Waals surface area contributed by atoms with Crippen molar-refractivity contribution in [3.05, 3.63) is 52.5 Å². The van der Waals surface area contributed by atoms with E-state index < -0.39 is 10.0 Å². The van der Waals surface area contributed by atoms with E-state index in [9.17, 15) is 13.2 Å². The van der Waals surface area contributed by atoms with Gasteiger partial charge in [0.1, 0.15) is 0 Å². The molecule has 2 heterocycles. The molecule has 226 valence electrons. The molecule has 0 atom stereocenters. The Hall–Kier alpha value is -1.60. The predicted octanol–water partition coefficient (Wildman–Crippen LogP) is 6.44. The minimum absolute atomic E-state index is 0. The summed E-state index contributed by atoms with van der Waals surface area (Å²) >= 11 is 5.00. The van der Waals surface area contributed by atoms with Crippen LogP contribution in [0.4, 0.5) is 5.13 Å². The third-order valence-electron chi connectivity index (χ3n) is 7.04. The number of carbonyl (C=O) groups excluding carboxylic acids is 1. The van der Waals surface area contributed by atoms with Crippen LogP contribution < -0.4 is 4.90 Å². The van der Waals surface area contributed by atoms with Crippen LogP contribution in [0.2, 0.25) is 0 Å². The SMILES string of the molecule is CCCCN(CCCC)S(=O)(=O)c1ccc(C(=O)N(CCCN2CCOCC2)c2nc3ccc(Br)cc3s2)cc1.Cl. The van der Waals surface area contributed by atoms with E-state index in [-0.39, 0.29) is 23.2 Å². The summed E-state index contributed by atoms with van der Waals surface area (Å²) in [6, 6.07) is 12.3. The van der Waals surface area contributed by atoms with E-state index in [2.05, 4.69) is 34.7 Å². The highest BCUT2D eigenvalue weighted by Crippen LogP contribution is 2.32. The summed E-state index contributed by atoms with van der Waals surface area (Å²) in [7, 11) is -3.63. The number of amides is 1. The molecule has 0 spiro atoms. The minimum Gasteiger partial charge on any atom is -0.379 e. The summed E-state index contributed by atoms with van der Waals surface area (Å²) in [5, 5.41) is 0.641. The maximum Gasteiger partial charge on any atom is 0.260 e. The van der Waals surface area contributed by atoms with Gasteiger partial charge in [-0.25, -0.2) is 13.4 Å². The van der Waals surface area contributed by atoms with E-state index in [1.807, 2.05) is 18.2 Å². The van der Waals surface area contributed by atoms with E-state index >= 15 is 0 Å². The number of aromatic nitrogens is 1. The molecule has 2 aromatic carbocycles. The van der Waals surface area contributed by atoms with Crippen LogP contribution in [0.1, 0.15) is 56.3 Å². The van der Waals surface area contributed by atoms with E-state index in [0.717, 1.165) is 79.6 Å². The number of fused-ring (bicyclic) bond motifs is 1. The van der Waals surface area contributed by atoms with Crippen LogP contribution in [0.5, 0.6) is 0 Å². The molecule has 0 radical (unpaired) electrons. The molecular weight excluding hydrogens is 648 g/mol. The van der Waals surface area contributed by atoms with Gasteiger partial charge in [-0.15, -0.1) is 12.4 Å². The Bertz CT molecular complexity index is 1360. The topological polar surface area (TPSA) is 83.1 Å². The number of hydrogen-bond acceptors (Lipinski definition) is 7. The van der Waals surface area contributed by atoms with E-state index in [1.54, 1.807) is 33.5 Å². The van der Waals surface area contributed by atoms with Crippen molar-refractivity contribution in [2.75, 3.05) is 57.4 Å². The minimum atomic E-state index is -3.63. The van der Waals surface area contributed by atoms with Gasteiger partial charge in [0, 0.05) is 49.3 Å². The summed E-state index contributed by atoms with van der Waals surface area (Å²) < 4.78 is 35.8. The first kappa shape index (κ1) is 33.9. The van der Waals surface area contributed by atoms with Gasteiger partial charge in [0.2, 0.25) is 10.0 Å². The van der Waals surface area contributed by atoms with Crippen molar-refractivity contribution in [3.8, 4) is 0 Å². The molecule has 0 unspecified atom stereocenters. The number of rotatable bonds is 14. The Morgan fingerprint density at radius 2 is 1.66 bits per heavy atom. The van der Waals surface area contributed by atoms with Gasteiger partial charge in [0.25, 0.3) is 5.91 Å². The zero-order valence-corrected chi connectivity index (χ0v) is 27.8. The molecule has 1 fully saturated rings. The van der Waals surface area contributed by atoms with Crippen molar-refractivity contribution in [3.63, 3.8) is 0 Å². The molecule has 1 aliphatic heterocycles. The lowest BCUT2D eigenvalue weighted by molar-refractivity contribution is 0.0376. The van der Waals surface area contributed by atoms with Crippen molar-refractivity contribution >= 4 is 71.0 Å². The van der Waals surface area contributed by atoms with Crippen LogP contribution in [-0.2, 0) is 14.8 Å². The van der Waals surface area contributed by atoms with E-state index in [4.69, 9.17) is 9.72 Å². The number of benzene rings is 2. The first-order valence-electron chi connectivity index (χ1n) is 14.1. The van der Waals surface area contributed by atoms with Crippen molar-refractivity contribution in [2.24, 2.45) is 0 Å². The molecule has 0 bridgehead atoms. The Morgan fingerprint density at radius 3 is 2.29 bits per heavy atom. The molecule has 1 amide bonds. The molecule has 4 rings (SSSR count). The normalized spacial score (nSPS) is 14.3. The highest BCUT2D eigenvalue weighted by atomic mass is 79.9. The van der Waals surface area contributed by atoms with Crippen LogP contribution in [0.15, 0.2) is 51.8 Å². The largest absolute Gasteiger partial charge is 0.379 e. The van der Waals surface area contributed by atoms with Crippen LogP contribution in [0, 0.1) is 0 Å². The Morgan fingerprint density at radius 1 is 1.00 bits per heavy atom. The van der Waals surface area contributed by atoms with Gasteiger partial charge in [0.05, 0.1) is 28.3 Å². The van der Waals surface area contributed by atoms with E-state index in [1.165, 1.54) is 11.3 Å². The van der Waals surface area contributed by atoms with Crippen LogP contribution in [0.25, 0.3) is 10.2 Å². The molecule has 8 nitrogen and oxygen atoms in total. The summed E-state index contributed by atoms with van der Waals surface area (Å²) in [6.07, 6.45) is 4.28. The number of carbonyl (C=O) groups is 1. The number of hydrogen-bond donors (Lipinski definition) is 0. The van der Waals surface area contributed by atoms with Gasteiger partial charge in [-0.3, -0.25) is 14.6 Å². The molecule has 0 N–H and O–H groups in total. The highest BCUT2D eigenvalue weighted by Gasteiger charge is 2.26. The Kier molecular flexibility index (Phi) is 13.5. The number of nitrogens with zero attached hydrogens (tertiary/aromatic N) is 4. The fourth-order valence-corrected chi connectivity index (χ4v) is 7.72. The fraction of sp³-hybridized carbons (Fsp3) is 0.517. The molecule has 12 heteroatoms. The lowest BCUT2D eigenvalue weighted by Gasteiger charge is -2.27. The second kappa shape index (κ2) is 16.3. The first-order valence-corrected chi connectivity index (χ1v) is 17.2. The Balaban J connectivity index is 0.00000462. The number of thiazole rings is 1. The summed E-state index contributed by atoms with van der Waals surface area (Å²) in [5.74, 6) is -0.183. The maximum absolute atomic E-state index is 13.8. The standard InChI is InChI=1S/C29H39BrN4O4S2.ClH/c1-3-5-15-33(16-6-4-2)40(36,37)25-11-8-23(9-12-25)28(35)34(17-7-14-32-18-20-38-21-19-32)29-31-26-13-10-24(30)22-27(26)39-29;/h8-13,22H,3-7,14-21H2,1-2H3;1H. The lowest BCUT2D eigenvalue weighted by Crippen LogP contribution is -2.39. The van der Waals surface area contributed by atoms with Crippen molar-refractivity contribution in [1.82, 2.24) is 14.2 Å². The average molecular weight is 688 g/mol. The van der Waals surface area contributed by atoms with Gasteiger partial charge in [0.15, 0.2) is 5.13 Å². The zero-order chi connectivity index (χ0) is 28.5. The van der Waals surface area contributed by atoms with Crippen LogP contribution in [0.3, 0.4) is 0 Å². The maximum atomic E-state index is 13.8. The van der Waals surface area contributed by atoms with E-state index in [0.29, 0.717) is 30.3 Å². The predicted molar refractivity (Wildman–Crippen MR) is 173 cm³/mol. The molecule has 41 heavy (non-hydrogen) atoms. The third kappa shape index (κ3) is 8.95. The molecular formula is C29H40BrClN4O4S2. The molecule has 1 aliphatic rings. The second-order valence-corrected chi connectivity index (χ2v) is 13.9. The number of morpholine rings is 1. The van der Waals surface area contributed by atoms with Crippen molar-refractivity contribution in [2.45, 2.75) is 50.8 Å². The average Bonchev–Trinajstić information content (AvgIpc) is 3.38. The molecule has 1 saturated heterocycles. The molecule has 1 aromatic heterocycles. The number of ether oxygens (including phenoxy) is 1. The van der Waals surface area contributed by atoms with Crippen LogP contribution in [-0.4, -0.2) is 81.0 Å². The first-order chi connectivity index (χ1) is 19.3. The molecule has 3 aromatic rings. The van der Waals surface area contributed by atoms with Gasteiger partial charge in [-0.1, -0.05) is 54.0 Å². The monoisotopic (exact) mass is 686 g/mol. The lowest BCUT2D eigenvalue weighted by atomic mass is 10.2. The summed E-state index contributed by atoms with van der Waals surface area (Å²) in [6.45, 7) is 9.76. The smallest absolute Gasteiger partial charge is 0.260 e. The quantitative estimate of drug-likeness (QED) is 0.194. The van der Waals surface area contributed by atoms with Crippen molar-refractivity contribution in [1.29, 1.82) is 0 Å². The summed E-state index contributed by atoms with van der Waals surface area (Å²) in [5.41, 5.74) is 1.29. The number of sulfonamides is 1. The van der Waals surface area contributed by atoms with Gasteiger partial charge in [-0.2, -0.15) is 4.31 Å². The van der Waals surface area contributed by atoms with Gasteiger partial charge >= 0.3 is 0 Å². The fourth-order valence-electron chi connectivity index (χ4n) is 4.66. The number of halogens is 2. The zero-order valence-electron chi connectivity index (χ0n) is 23.8. The summed E-state index contributed by atoms with van der Waals surface area (Å²) in [4.78, 5) is 22.9. The van der Waals surface area contributed by atoms with Crippen LogP contribution >= 0.6 is 39.7 Å². The third-order valence-corrected chi connectivity index (χ3v) is 10.5. The number of unbranched alkanes of at least 4 members (excludes halogenated alkanes) is 2. The highest BCUT2D eigenvalue weighted by molar-refractivity contribution is 9.10. The molecule has 0 saturated carbocycles. The second-order valence-electron chi connectivity index (χ2n) is 10.0. The van der Waals surface area contributed by atoms with Gasteiger partial charge in [-0.05, 0) is 61.7 Å². The molecule has 0 aliphatic carbocycles. The van der Waals surface area contributed by atoms with Crippen molar-refractivity contribution < 1.29 is 17.9 Å². The number of anilines is 1. The Labute approximate surface area is 262 Å². The van der Waals surface area contributed by atoms with Gasteiger partial charge < -0.3 is 4.74 Å².